The second kappa shape index (κ2) is 6.01. The molecule has 0 fully saturated rings. The van der Waals surface area contributed by atoms with Crippen LogP contribution in [0.25, 0.3) is 11.4 Å². The Balaban J connectivity index is 1.86. The molecule has 1 unspecified atom stereocenters. The Morgan fingerprint density at radius 3 is 2.29 bits per heavy atom. The molecule has 0 aliphatic carbocycles. The van der Waals surface area contributed by atoms with Gasteiger partial charge in [0.25, 0.3) is 0 Å². The van der Waals surface area contributed by atoms with Crippen LogP contribution in [0.3, 0.4) is 0 Å². The van der Waals surface area contributed by atoms with Gasteiger partial charge in [0, 0.05) is 11.5 Å². The van der Waals surface area contributed by atoms with Crippen molar-refractivity contribution in [3.05, 3.63) is 59.5 Å². The van der Waals surface area contributed by atoms with E-state index in [0.29, 0.717) is 22.9 Å². The first-order chi connectivity index (χ1) is 11.4. The van der Waals surface area contributed by atoms with Crippen molar-refractivity contribution in [2.24, 2.45) is 5.73 Å². The van der Waals surface area contributed by atoms with Crippen LogP contribution in [-0.4, -0.2) is 20.4 Å². The number of nitrogens with two attached hydrogens (primary N) is 2. The average molecular weight is 326 g/mol. The number of nitrogens with zero attached hydrogens (tertiary/aromatic N) is 3. The molecule has 6 nitrogen and oxygen atoms in total. The molecule has 0 amide bonds. The largest absolute Gasteiger partial charge is 0.384 e. The van der Waals surface area contributed by atoms with Gasteiger partial charge in [-0.15, -0.1) is 5.10 Å². The molecule has 0 aliphatic heterocycles. The highest BCUT2D eigenvalue weighted by atomic mass is 19.1. The molecule has 24 heavy (non-hydrogen) atoms. The summed E-state index contributed by atoms with van der Waals surface area (Å²) in [6, 6.07) is 11.3. The van der Waals surface area contributed by atoms with Gasteiger partial charge in [-0.25, -0.2) is 4.39 Å². The molecule has 0 radical (unpaired) electrons. The van der Waals surface area contributed by atoms with Crippen molar-refractivity contribution in [1.29, 1.82) is 0 Å². The minimum atomic E-state index is -0.430. The van der Waals surface area contributed by atoms with E-state index >= 15 is 0 Å². The van der Waals surface area contributed by atoms with Gasteiger partial charge >= 0.3 is 0 Å². The van der Waals surface area contributed by atoms with Gasteiger partial charge < -0.3 is 11.5 Å². The fourth-order valence-corrected chi connectivity index (χ4v) is 2.54. The highest BCUT2D eigenvalue weighted by molar-refractivity contribution is 5.57. The molecule has 0 aliphatic rings. The number of nitrogens with one attached hydrogen (secondary N) is 1. The van der Waals surface area contributed by atoms with Gasteiger partial charge in [-0.1, -0.05) is 26.0 Å². The summed E-state index contributed by atoms with van der Waals surface area (Å²) < 4.78 is 13.1. The topological polar surface area (TPSA) is 106 Å². The van der Waals surface area contributed by atoms with Crippen LogP contribution < -0.4 is 11.5 Å². The van der Waals surface area contributed by atoms with Crippen molar-refractivity contribution < 1.29 is 4.39 Å². The molecule has 2 heterocycles. The molecule has 0 saturated heterocycles. The highest BCUT2D eigenvalue weighted by Crippen LogP contribution is 2.34. The Kier molecular flexibility index (Phi) is 4.02. The number of nitrogen functional groups attached to an aromatic ring is 1. The predicted octanol–water partition coefficient (Wildman–Crippen LogP) is 2.57. The zero-order valence-electron chi connectivity index (χ0n) is 13.5. The quantitative estimate of drug-likeness (QED) is 0.683. The molecule has 3 rings (SSSR count). The van der Waals surface area contributed by atoms with Crippen LogP contribution in [0, 0.1) is 5.82 Å². The zero-order chi connectivity index (χ0) is 17.3. The summed E-state index contributed by atoms with van der Waals surface area (Å²) in [7, 11) is 0. The normalized spacial score (nSPS) is 13.0. The summed E-state index contributed by atoms with van der Waals surface area (Å²) in [4.78, 5) is 0. The third-order valence-electron chi connectivity index (χ3n) is 4.23. The number of hydrogen-bond donors (Lipinski definition) is 3. The number of hydrogen-bond acceptors (Lipinski definition) is 5. The molecule has 0 saturated carbocycles. The SMILES string of the molecule is CC(C)(c1ccc(F)cc1)C(N)c1ccc(-c2cc(N)[nH]n2)nn1. The highest BCUT2D eigenvalue weighted by Gasteiger charge is 2.31. The summed E-state index contributed by atoms with van der Waals surface area (Å²) in [6.07, 6.45) is 0. The number of H-pyrrole nitrogens is 1. The predicted molar refractivity (Wildman–Crippen MR) is 90.4 cm³/mol. The number of halogens is 1. The smallest absolute Gasteiger partial charge is 0.123 e. The van der Waals surface area contributed by atoms with Crippen molar-refractivity contribution in [1.82, 2.24) is 20.4 Å². The van der Waals surface area contributed by atoms with Crippen LogP contribution in [0.5, 0.6) is 0 Å². The first-order valence-corrected chi connectivity index (χ1v) is 7.54. The molecule has 3 aromatic rings. The maximum absolute atomic E-state index is 13.1. The summed E-state index contributed by atoms with van der Waals surface area (Å²) in [6.45, 7) is 3.99. The molecule has 2 aromatic heterocycles. The molecule has 0 bridgehead atoms. The molecule has 124 valence electrons. The van der Waals surface area contributed by atoms with Gasteiger partial charge in [0.05, 0.1) is 11.7 Å². The Bertz CT molecular complexity index is 823. The summed E-state index contributed by atoms with van der Waals surface area (Å²) in [5.74, 6) is 0.190. The molecule has 5 N–H and O–H groups in total. The Hall–Kier alpha value is -2.80. The number of aromatic amines is 1. The van der Waals surface area contributed by atoms with E-state index in [1.807, 2.05) is 19.9 Å². The molecule has 1 aromatic carbocycles. The molecular weight excluding hydrogens is 307 g/mol. The van der Waals surface area contributed by atoms with Gasteiger partial charge in [-0.2, -0.15) is 10.2 Å². The fraction of sp³-hybridized carbons (Fsp3) is 0.235. The molecule has 7 heteroatoms. The van der Waals surface area contributed by atoms with Gasteiger partial charge in [-0.05, 0) is 29.8 Å². The maximum Gasteiger partial charge on any atom is 0.123 e. The van der Waals surface area contributed by atoms with Crippen molar-refractivity contribution in [2.45, 2.75) is 25.3 Å². The number of aromatic nitrogens is 4. The minimum absolute atomic E-state index is 0.273. The van der Waals surface area contributed by atoms with Gasteiger partial charge in [0.2, 0.25) is 0 Å². The van der Waals surface area contributed by atoms with Gasteiger partial charge in [0.1, 0.15) is 23.0 Å². The van der Waals surface area contributed by atoms with Crippen LogP contribution in [0.1, 0.15) is 31.1 Å². The minimum Gasteiger partial charge on any atom is -0.384 e. The second-order valence-corrected chi connectivity index (χ2v) is 6.26. The average Bonchev–Trinajstić information content (AvgIpc) is 3.01. The summed E-state index contributed by atoms with van der Waals surface area (Å²) in [5.41, 5.74) is 14.4. The van der Waals surface area contributed by atoms with E-state index < -0.39 is 11.5 Å². The fourth-order valence-electron chi connectivity index (χ4n) is 2.54. The first kappa shape index (κ1) is 16.1. The number of rotatable bonds is 4. The van der Waals surface area contributed by atoms with Crippen LogP contribution in [-0.2, 0) is 5.41 Å². The van der Waals surface area contributed by atoms with Gasteiger partial charge in [0.15, 0.2) is 0 Å². The Morgan fingerprint density at radius 2 is 1.75 bits per heavy atom. The Morgan fingerprint density at radius 1 is 1.04 bits per heavy atom. The molecular formula is C17H19FN6. The van der Waals surface area contributed by atoms with Crippen LogP contribution in [0.4, 0.5) is 10.2 Å². The van der Waals surface area contributed by atoms with Crippen molar-refractivity contribution >= 4 is 5.82 Å². The number of benzene rings is 1. The van der Waals surface area contributed by atoms with E-state index in [1.54, 1.807) is 24.3 Å². The number of anilines is 1. The third kappa shape index (κ3) is 2.98. The van der Waals surface area contributed by atoms with E-state index in [4.69, 9.17) is 11.5 Å². The van der Waals surface area contributed by atoms with Crippen LogP contribution in [0.2, 0.25) is 0 Å². The van der Waals surface area contributed by atoms with Crippen molar-refractivity contribution in [3.8, 4) is 11.4 Å². The second-order valence-electron chi connectivity index (χ2n) is 6.26. The van der Waals surface area contributed by atoms with Crippen LogP contribution in [0.15, 0.2) is 42.5 Å². The van der Waals surface area contributed by atoms with E-state index in [1.165, 1.54) is 12.1 Å². The van der Waals surface area contributed by atoms with E-state index in [2.05, 4.69) is 20.4 Å². The summed E-state index contributed by atoms with van der Waals surface area (Å²) in [5, 5.41) is 15.1. The lowest BCUT2D eigenvalue weighted by molar-refractivity contribution is 0.410. The lowest BCUT2D eigenvalue weighted by atomic mass is 9.77. The van der Waals surface area contributed by atoms with E-state index in [9.17, 15) is 4.39 Å². The van der Waals surface area contributed by atoms with Crippen LogP contribution >= 0.6 is 0 Å². The first-order valence-electron chi connectivity index (χ1n) is 7.54. The standard InChI is InChI=1S/C17H19FN6/c1-17(2,10-3-5-11(18)6-4-10)16(20)13-8-7-12(21-22-13)14-9-15(19)24-23-14/h3-9,16H,20H2,1-2H3,(H3,19,23,24). The van der Waals surface area contributed by atoms with Crippen molar-refractivity contribution in [2.75, 3.05) is 5.73 Å². The lowest BCUT2D eigenvalue weighted by Gasteiger charge is -2.31. The summed E-state index contributed by atoms with van der Waals surface area (Å²) >= 11 is 0. The Labute approximate surface area is 139 Å². The van der Waals surface area contributed by atoms with Gasteiger partial charge in [-0.3, -0.25) is 5.10 Å². The third-order valence-corrected chi connectivity index (χ3v) is 4.23. The van der Waals surface area contributed by atoms with Crippen molar-refractivity contribution in [3.63, 3.8) is 0 Å². The molecule has 0 spiro atoms. The lowest BCUT2D eigenvalue weighted by Crippen LogP contribution is -2.34. The van der Waals surface area contributed by atoms with E-state index in [0.717, 1.165) is 5.56 Å². The maximum atomic E-state index is 13.1. The molecule has 1 atom stereocenters. The van der Waals surface area contributed by atoms with E-state index in [-0.39, 0.29) is 5.82 Å². The zero-order valence-corrected chi connectivity index (χ0v) is 13.5. The monoisotopic (exact) mass is 326 g/mol.